The minimum absolute atomic E-state index is 0.287. The van der Waals surface area contributed by atoms with E-state index in [1.807, 2.05) is 0 Å². The SMILES string of the molecule is CCCCCCCCCCCCCCC=CCCO. The van der Waals surface area contributed by atoms with Gasteiger partial charge in [0.25, 0.3) is 0 Å². The maximum Gasteiger partial charge on any atom is 0.0465 e. The molecule has 0 aliphatic rings. The number of aliphatic hydroxyl groups is 1. The van der Waals surface area contributed by atoms with E-state index in [0.29, 0.717) is 0 Å². The van der Waals surface area contributed by atoms with Crippen LogP contribution in [0.15, 0.2) is 12.2 Å². The van der Waals surface area contributed by atoms with E-state index < -0.39 is 0 Å². The summed E-state index contributed by atoms with van der Waals surface area (Å²) in [7, 11) is 0. The predicted octanol–water partition coefficient (Wildman–Crippen LogP) is 6.02. The molecule has 0 aromatic heterocycles. The van der Waals surface area contributed by atoms with Gasteiger partial charge in [0.05, 0.1) is 0 Å². The summed E-state index contributed by atoms with van der Waals surface area (Å²) in [5, 5.41) is 8.62. The van der Waals surface area contributed by atoms with Gasteiger partial charge in [0.1, 0.15) is 0 Å². The van der Waals surface area contributed by atoms with Gasteiger partial charge in [0.15, 0.2) is 0 Å². The average molecular weight is 268 g/mol. The van der Waals surface area contributed by atoms with Crippen LogP contribution in [-0.4, -0.2) is 11.7 Å². The van der Waals surface area contributed by atoms with Crippen molar-refractivity contribution in [3.8, 4) is 0 Å². The molecule has 0 fully saturated rings. The Morgan fingerprint density at radius 2 is 1.00 bits per heavy atom. The van der Waals surface area contributed by atoms with Gasteiger partial charge in [-0.3, -0.25) is 0 Å². The Bertz CT molecular complexity index is 175. The van der Waals surface area contributed by atoms with Gasteiger partial charge < -0.3 is 5.11 Å². The number of hydrogen-bond donors (Lipinski definition) is 1. The highest BCUT2D eigenvalue weighted by atomic mass is 16.2. The Hall–Kier alpha value is -0.300. The van der Waals surface area contributed by atoms with E-state index in [-0.39, 0.29) is 6.61 Å². The predicted molar refractivity (Wildman–Crippen MR) is 86.5 cm³/mol. The van der Waals surface area contributed by atoms with Crippen LogP contribution in [0.5, 0.6) is 0 Å². The smallest absolute Gasteiger partial charge is 0.0465 e. The van der Waals surface area contributed by atoms with Gasteiger partial charge in [0, 0.05) is 6.61 Å². The molecule has 0 saturated carbocycles. The Morgan fingerprint density at radius 1 is 0.579 bits per heavy atom. The van der Waals surface area contributed by atoms with Crippen LogP contribution >= 0.6 is 0 Å². The molecule has 0 heterocycles. The molecule has 114 valence electrons. The lowest BCUT2D eigenvalue weighted by Crippen LogP contribution is -1.82. The summed E-state index contributed by atoms with van der Waals surface area (Å²) in [6.45, 7) is 2.57. The second-order valence-corrected chi connectivity index (χ2v) is 5.66. The number of unbranched alkanes of at least 4 members (excludes halogenated alkanes) is 12. The maximum atomic E-state index is 8.62. The molecule has 0 spiro atoms. The lowest BCUT2D eigenvalue weighted by molar-refractivity contribution is 0.302. The second-order valence-electron chi connectivity index (χ2n) is 5.66. The molecule has 19 heavy (non-hydrogen) atoms. The first-order chi connectivity index (χ1) is 9.41. The van der Waals surface area contributed by atoms with Crippen LogP contribution in [0, 0.1) is 0 Å². The molecule has 0 amide bonds. The van der Waals surface area contributed by atoms with Crippen LogP contribution in [0.3, 0.4) is 0 Å². The Labute approximate surface area is 121 Å². The van der Waals surface area contributed by atoms with Gasteiger partial charge in [-0.15, -0.1) is 0 Å². The van der Waals surface area contributed by atoms with E-state index in [9.17, 15) is 0 Å². The third-order valence-corrected chi connectivity index (χ3v) is 3.69. The number of allylic oxidation sites excluding steroid dienone is 1. The van der Waals surface area contributed by atoms with E-state index in [4.69, 9.17) is 5.11 Å². The van der Waals surface area contributed by atoms with Crippen LogP contribution in [0.2, 0.25) is 0 Å². The van der Waals surface area contributed by atoms with Crippen LogP contribution in [0.4, 0.5) is 0 Å². The summed E-state index contributed by atoms with van der Waals surface area (Å²) < 4.78 is 0. The fourth-order valence-electron chi connectivity index (χ4n) is 2.41. The monoisotopic (exact) mass is 268 g/mol. The van der Waals surface area contributed by atoms with Gasteiger partial charge in [-0.05, 0) is 19.3 Å². The zero-order valence-corrected chi connectivity index (χ0v) is 13.2. The van der Waals surface area contributed by atoms with E-state index >= 15 is 0 Å². The van der Waals surface area contributed by atoms with E-state index in [1.165, 1.54) is 83.5 Å². The molecule has 0 radical (unpaired) electrons. The van der Waals surface area contributed by atoms with E-state index in [0.717, 1.165) is 6.42 Å². The van der Waals surface area contributed by atoms with Crippen LogP contribution in [0.1, 0.15) is 96.8 Å². The fraction of sp³-hybridized carbons (Fsp3) is 0.889. The molecule has 0 aromatic rings. The Balaban J connectivity index is 2.95. The third-order valence-electron chi connectivity index (χ3n) is 3.69. The molecule has 0 atom stereocenters. The highest BCUT2D eigenvalue weighted by Crippen LogP contribution is 2.12. The van der Waals surface area contributed by atoms with Crippen molar-refractivity contribution < 1.29 is 5.11 Å². The van der Waals surface area contributed by atoms with Gasteiger partial charge in [-0.25, -0.2) is 0 Å². The molecule has 0 aliphatic heterocycles. The van der Waals surface area contributed by atoms with Crippen molar-refractivity contribution in [2.45, 2.75) is 96.8 Å². The van der Waals surface area contributed by atoms with Crippen molar-refractivity contribution in [2.75, 3.05) is 6.61 Å². The quantitative estimate of drug-likeness (QED) is 0.284. The molecular weight excluding hydrogens is 232 g/mol. The topological polar surface area (TPSA) is 20.2 Å². The summed E-state index contributed by atoms with van der Waals surface area (Å²) >= 11 is 0. The molecule has 0 aliphatic carbocycles. The van der Waals surface area contributed by atoms with Gasteiger partial charge in [-0.2, -0.15) is 0 Å². The average Bonchev–Trinajstić information content (AvgIpc) is 2.43. The first-order valence-corrected chi connectivity index (χ1v) is 8.67. The molecule has 0 saturated heterocycles. The summed E-state index contributed by atoms with van der Waals surface area (Å²) in [6, 6.07) is 0. The molecule has 1 nitrogen and oxygen atoms in total. The minimum Gasteiger partial charge on any atom is -0.396 e. The zero-order chi connectivity index (χ0) is 14.0. The highest BCUT2D eigenvalue weighted by molar-refractivity contribution is 4.80. The molecular formula is C18H36O. The molecule has 1 N–H and O–H groups in total. The van der Waals surface area contributed by atoms with Gasteiger partial charge >= 0.3 is 0 Å². The minimum atomic E-state index is 0.287. The summed E-state index contributed by atoms with van der Waals surface area (Å²) in [5.74, 6) is 0. The summed E-state index contributed by atoms with van der Waals surface area (Å²) in [6.07, 6.45) is 23.3. The summed E-state index contributed by atoms with van der Waals surface area (Å²) in [4.78, 5) is 0. The van der Waals surface area contributed by atoms with Crippen molar-refractivity contribution in [1.29, 1.82) is 0 Å². The van der Waals surface area contributed by atoms with Crippen molar-refractivity contribution in [3.05, 3.63) is 12.2 Å². The Morgan fingerprint density at radius 3 is 1.47 bits per heavy atom. The van der Waals surface area contributed by atoms with Crippen LogP contribution in [0.25, 0.3) is 0 Å². The largest absolute Gasteiger partial charge is 0.396 e. The second kappa shape index (κ2) is 17.7. The van der Waals surface area contributed by atoms with E-state index in [1.54, 1.807) is 0 Å². The fourth-order valence-corrected chi connectivity index (χ4v) is 2.41. The third kappa shape index (κ3) is 17.7. The molecule has 0 aromatic carbocycles. The molecule has 0 unspecified atom stereocenters. The number of rotatable bonds is 15. The van der Waals surface area contributed by atoms with E-state index in [2.05, 4.69) is 19.1 Å². The van der Waals surface area contributed by atoms with Crippen LogP contribution < -0.4 is 0 Å². The first kappa shape index (κ1) is 18.7. The van der Waals surface area contributed by atoms with Crippen LogP contribution in [-0.2, 0) is 0 Å². The van der Waals surface area contributed by atoms with Gasteiger partial charge in [0.2, 0.25) is 0 Å². The first-order valence-electron chi connectivity index (χ1n) is 8.67. The highest BCUT2D eigenvalue weighted by Gasteiger charge is 1.92. The van der Waals surface area contributed by atoms with Crippen molar-refractivity contribution >= 4 is 0 Å². The lowest BCUT2D eigenvalue weighted by atomic mass is 10.0. The molecule has 0 rings (SSSR count). The standard InChI is InChI=1S/C18H36O/c1-2-3-4-5-6-7-8-9-10-11-12-13-14-15-16-17-18-19/h15-16,19H,2-14,17-18H2,1H3. The molecule has 0 bridgehead atoms. The number of hydrogen-bond acceptors (Lipinski definition) is 1. The number of aliphatic hydroxyl groups excluding tert-OH is 1. The van der Waals surface area contributed by atoms with Crippen molar-refractivity contribution in [1.82, 2.24) is 0 Å². The lowest BCUT2D eigenvalue weighted by Gasteiger charge is -2.02. The van der Waals surface area contributed by atoms with Crippen molar-refractivity contribution in [3.63, 3.8) is 0 Å². The van der Waals surface area contributed by atoms with Crippen molar-refractivity contribution in [2.24, 2.45) is 0 Å². The molecule has 1 heteroatoms. The normalized spacial score (nSPS) is 11.5. The van der Waals surface area contributed by atoms with Gasteiger partial charge in [-0.1, -0.05) is 89.7 Å². The summed E-state index contributed by atoms with van der Waals surface area (Å²) in [5.41, 5.74) is 0. The Kier molecular flexibility index (Phi) is 17.4. The zero-order valence-electron chi connectivity index (χ0n) is 13.2. The maximum absolute atomic E-state index is 8.62.